The number of hydrogen-bond donors (Lipinski definition) is 0. The predicted molar refractivity (Wildman–Crippen MR) is 124 cm³/mol. The number of nitriles is 1. The Kier molecular flexibility index (Phi) is 7.85. The average Bonchev–Trinajstić information content (AvgIpc) is 3.16. The molecular formula is C24H27N5OS. The first kappa shape index (κ1) is 22.6. The summed E-state index contributed by atoms with van der Waals surface area (Å²) < 4.78 is 2.06. The number of carbonyl (C=O) groups excluding carboxylic acids is 1. The van der Waals surface area contributed by atoms with Gasteiger partial charge in [-0.05, 0) is 49.6 Å². The Morgan fingerprint density at radius 3 is 2.58 bits per heavy atom. The van der Waals surface area contributed by atoms with Crippen LogP contribution < -0.4 is 4.90 Å². The molecule has 3 rings (SSSR count). The molecule has 0 aliphatic rings. The van der Waals surface area contributed by atoms with Gasteiger partial charge in [-0.15, -0.1) is 10.2 Å². The lowest BCUT2D eigenvalue weighted by atomic mass is 10.1. The van der Waals surface area contributed by atoms with E-state index in [1.165, 1.54) is 22.9 Å². The van der Waals surface area contributed by atoms with Crippen molar-refractivity contribution in [3.63, 3.8) is 0 Å². The predicted octanol–water partition coefficient (Wildman–Crippen LogP) is 4.54. The first-order valence-corrected chi connectivity index (χ1v) is 11.4. The summed E-state index contributed by atoms with van der Waals surface area (Å²) in [6.07, 6.45) is 0.989. The van der Waals surface area contributed by atoms with Crippen LogP contribution in [-0.2, 0) is 17.8 Å². The Labute approximate surface area is 187 Å². The second kappa shape index (κ2) is 10.8. The summed E-state index contributed by atoms with van der Waals surface area (Å²) in [6, 6.07) is 18.3. The van der Waals surface area contributed by atoms with Crippen LogP contribution in [0.1, 0.15) is 35.9 Å². The molecule has 2 aromatic carbocycles. The molecular weight excluding hydrogens is 406 g/mol. The van der Waals surface area contributed by atoms with E-state index in [9.17, 15) is 4.79 Å². The van der Waals surface area contributed by atoms with Crippen LogP contribution in [0, 0.1) is 25.2 Å². The Hall–Kier alpha value is -3.11. The molecule has 1 aromatic heterocycles. The van der Waals surface area contributed by atoms with E-state index in [0.717, 1.165) is 28.8 Å². The minimum Gasteiger partial charge on any atom is -0.311 e. The van der Waals surface area contributed by atoms with Crippen molar-refractivity contribution in [3.05, 3.63) is 71.0 Å². The molecule has 160 valence electrons. The Morgan fingerprint density at radius 2 is 1.90 bits per heavy atom. The molecule has 1 heterocycles. The van der Waals surface area contributed by atoms with Gasteiger partial charge in [0.05, 0.1) is 18.2 Å². The van der Waals surface area contributed by atoms with Crippen molar-refractivity contribution in [1.82, 2.24) is 14.8 Å². The summed E-state index contributed by atoms with van der Waals surface area (Å²) >= 11 is 1.39. The van der Waals surface area contributed by atoms with Gasteiger partial charge in [-0.3, -0.25) is 4.79 Å². The van der Waals surface area contributed by atoms with Crippen molar-refractivity contribution >= 4 is 23.4 Å². The molecule has 1 amide bonds. The summed E-state index contributed by atoms with van der Waals surface area (Å²) in [6.45, 7) is 7.23. The molecule has 0 unspecified atom stereocenters. The van der Waals surface area contributed by atoms with Gasteiger partial charge in [0.15, 0.2) is 5.16 Å². The normalized spacial score (nSPS) is 10.6. The van der Waals surface area contributed by atoms with Crippen molar-refractivity contribution in [2.45, 2.75) is 45.3 Å². The topological polar surface area (TPSA) is 74.8 Å². The van der Waals surface area contributed by atoms with Crippen molar-refractivity contribution < 1.29 is 4.79 Å². The fraction of sp³-hybridized carbons (Fsp3) is 0.333. The van der Waals surface area contributed by atoms with Gasteiger partial charge in [-0.1, -0.05) is 48.2 Å². The summed E-state index contributed by atoms with van der Waals surface area (Å²) in [5.74, 6) is 1.08. The summed E-state index contributed by atoms with van der Waals surface area (Å²) in [5.41, 5.74) is 4.30. The molecule has 7 heteroatoms. The van der Waals surface area contributed by atoms with Gasteiger partial charge >= 0.3 is 0 Å². The SMILES string of the molecule is CCn1c(Cc2ccccc2)nnc1SCC(=O)N(CCC#N)c1ccc(C)c(C)c1. The average molecular weight is 434 g/mol. The highest BCUT2D eigenvalue weighted by molar-refractivity contribution is 7.99. The zero-order chi connectivity index (χ0) is 22.2. The highest BCUT2D eigenvalue weighted by atomic mass is 32.2. The number of rotatable bonds is 9. The maximum absolute atomic E-state index is 13.1. The summed E-state index contributed by atoms with van der Waals surface area (Å²) in [4.78, 5) is 14.7. The van der Waals surface area contributed by atoms with E-state index in [1.807, 2.05) is 50.2 Å². The maximum Gasteiger partial charge on any atom is 0.237 e. The van der Waals surface area contributed by atoms with E-state index in [1.54, 1.807) is 4.90 Å². The fourth-order valence-electron chi connectivity index (χ4n) is 3.31. The smallest absolute Gasteiger partial charge is 0.237 e. The van der Waals surface area contributed by atoms with E-state index >= 15 is 0 Å². The molecule has 0 spiro atoms. The van der Waals surface area contributed by atoms with Crippen LogP contribution in [0.3, 0.4) is 0 Å². The van der Waals surface area contributed by atoms with Gasteiger partial charge in [0.2, 0.25) is 5.91 Å². The first-order valence-electron chi connectivity index (χ1n) is 10.4. The van der Waals surface area contributed by atoms with E-state index in [4.69, 9.17) is 5.26 Å². The molecule has 0 fully saturated rings. The molecule has 31 heavy (non-hydrogen) atoms. The second-order valence-electron chi connectivity index (χ2n) is 7.32. The summed E-state index contributed by atoms with van der Waals surface area (Å²) in [5, 5.41) is 18.5. The van der Waals surface area contributed by atoms with Gasteiger partial charge in [0.1, 0.15) is 5.82 Å². The van der Waals surface area contributed by atoms with E-state index in [2.05, 4.69) is 39.9 Å². The number of anilines is 1. The molecule has 0 aliphatic heterocycles. The highest BCUT2D eigenvalue weighted by Crippen LogP contribution is 2.23. The molecule has 0 saturated carbocycles. The minimum atomic E-state index is -0.0428. The number of nitrogens with zero attached hydrogens (tertiary/aromatic N) is 5. The number of aromatic nitrogens is 3. The third-order valence-electron chi connectivity index (χ3n) is 5.19. The lowest BCUT2D eigenvalue weighted by Gasteiger charge is -2.22. The van der Waals surface area contributed by atoms with Crippen LogP contribution in [0.2, 0.25) is 0 Å². The molecule has 3 aromatic rings. The number of thioether (sulfide) groups is 1. The number of amides is 1. The maximum atomic E-state index is 13.1. The Bertz CT molecular complexity index is 1070. The summed E-state index contributed by atoms with van der Waals surface area (Å²) in [7, 11) is 0. The Morgan fingerprint density at radius 1 is 1.13 bits per heavy atom. The van der Waals surface area contributed by atoms with Gasteiger partial charge in [0, 0.05) is 25.2 Å². The van der Waals surface area contributed by atoms with E-state index in [0.29, 0.717) is 13.0 Å². The third kappa shape index (κ3) is 5.74. The molecule has 6 nitrogen and oxygen atoms in total. The first-order chi connectivity index (χ1) is 15.0. The molecule has 0 bridgehead atoms. The van der Waals surface area contributed by atoms with E-state index < -0.39 is 0 Å². The number of benzene rings is 2. The van der Waals surface area contributed by atoms with Crippen LogP contribution in [0.25, 0.3) is 0 Å². The fourth-order valence-corrected chi connectivity index (χ4v) is 4.21. The zero-order valence-corrected chi connectivity index (χ0v) is 19.0. The quantitative estimate of drug-likeness (QED) is 0.463. The van der Waals surface area contributed by atoms with Gasteiger partial charge in [-0.25, -0.2) is 0 Å². The zero-order valence-electron chi connectivity index (χ0n) is 18.2. The van der Waals surface area contributed by atoms with Gasteiger partial charge < -0.3 is 9.47 Å². The molecule has 0 radical (unpaired) electrons. The molecule has 0 N–H and O–H groups in total. The second-order valence-corrected chi connectivity index (χ2v) is 8.26. The molecule has 0 aliphatic carbocycles. The lowest BCUT2D eigenvalue weighted by molar-refractivity contribution is -0.116. The van der Waals surface area contributed by atoms with Crippen molar-refractivity contribution in [1.29, 1.82) is 5.26 Å². The van der Waals surface area contributed by atoms with Crippen molar-refractivity contribution in [2.24, 2.45) is 0 Å². The third-order valence-corrected chi connectivity index (χ3v) is 6.14. The van der Waals surface area contributed by atoms with Crippen LogP contribution in [0.15, 0.2) is 53.7 Å². The van der Waals surface area contributed by atoms with Crippen molar-refractivity contribution in [3.8, 4) is 6.07 Å². The van der Waals surface area contributed by atoms with E-state index in [-0.39, 0.29) is 18.1 Å². The van der Waals surface area contributed by atoms with Crippen LogP contribution in [0.5, 0.6) is 0 Å². The molecule has 0 saturated heterocycles. The monoisotopic (exact) mass is 433 g/mol. The molecule has 0 atom stereocenters. The number of hydrogen-bond acceptors (Lipinski definition) is 5. The van der Waals surface area contributed by atoms with Crippen LogP contribution in [0.4, 0.5) is 5.69 Å². The van der Waals surface area contributed by atoms with Crippen LogP contribution >= 0.6 is 11.8 Å². The number of carbonyl (C=O) groups is 1. The standard InChI is InChI=1S/C24H27N5OS/c1-4-28-22(16-20-9-6-5-7-10-20)26-27-24(28)31-17-23(30)29(14-8-13-25)21-12-11-18(2)19(3)15-21/h5-7,9-12,15H,4,8,14,16-17H2,1-3H3. The lowest BCUT2D eigenvalue weighted by Crippen LogP contribution is -2.33. The minimum absolute atomic E-state index is 0.0428. The number of aryl methyl sites for hydroxylation is 2. The van der Waals surface area contributed by atoms with Crippen LogP contribution in [-0.4, -0.2) is 33.0 Å². The van der Waals surface area contributed by atoms with Crippen molar-refractivity contribution in [2.75, 3.05) is 17.2 Å². The van der Waals surface area contributed by atoms with Gasteiger partial charge in [-0.2, -0.15) is 5.26 Å². The van der Waals surface area contributed by atoms with Gasteiger partial charge in [0.25, 0.3) is 0 Å². The highest BCUT2D eigenvalue weighted by Gasteiger charge is 2.19. The largest absolute Gasteiger partial charge is 0.311 e. The Balaban J connectivity index is 1.73.